The second-order valence-corrected chi connectivity index (χ2v) is 3.77. The lowest BCUT2D eigenvalue weighted by Crippen LogP contribution is -2.10. The van der Waals surface area contributed by atoms with Gasteiger partial charge in [0, 0.05) is 19.4 Å². The number of rotatable bonds is 4. The van der Waals surface area contributed by atoms with Gasteiger partial charge in [-0.05, 0) is 25.4 Å². The fraction of sp³-hybridized carbons (Fsp3) is 0.700. The normalized spacial score (nSPS) is 21.6. The molecule has 4 heteroatoms. The van der Waals surface area contributed by atoms with Crippen LogP contribution in [0.3, 0.4) is 0 Å². The Kier molecular flexibility index (Phi) is 3.16. The van der Waals surface area contributed by atoms with Crippen molar-refractivity contribution in [1.82, 2.24) is 10.3 Å². The van der Waals surface area contributed by atoms with E-state index in [1.54, 1.807) is 6.26 Å². The largest absolute Gasteiger partial charge is 0.449 e. The van der Waals surface area contributed by atoms with Gasteiger partial charge in [-0.1, -0.05) is 0 Å². The summed E-state index contributed by atoms with van der Waals surface area (Å²) in [6.45, 7) is 2.31. The van der Waals surface area contributed by atoms with Crippen molar-refractivity contribution in [3.8, 4) is 0 Å². The zero-order chi connectivity index (χ0) is 9.80. The molecule has 0 radical (unpaired) electrons. The van der Waals surface area contributed by atoms with Crippen LogP contribution in [0.4, 0.5) is 0 Å². The molecule has 1 aliphatic heterocycles. The third-order valence-electron chi connectivity index (χ3n) is 2.59. The van der Waals surface area contributed by atoms with E-state index in [2.05, 4.69) is 10.3 Å². The van der Waals surface area contributed by atoms with Gasteiger partial charge in [0.1, 0.15) is 6.26 Å². The van der Waals surface area contributed by atoms with Gasteiger partial charge in [-0.25, -0.2) is 4.98 Å². The summed E-state index contributed by atoms with van der Waals surface area (Å²) in [6, 6.07) is 0. The van der Waals surface area contributed by atoms with Crippen molar-refractivity contribution in [2.24, 2.45) is 5.92 Å². The van der Waals surface area contributed by atoms with Crippen molar-refractivity contribution in [3.05, 3.63) is 17.8 Å². The van der Waals surface area contributed by atoms with Gasteiger partial charge >= 0.3 is 0 Å². The Labute approximate surface area is 83.3 Å². The lowest BCUT2D eigenvalue weighted by molar-refractivity contribution is 0.298. The number of hydrogen-bond acceptors (Lipinski definition) is 4. The topological polar surface area (TPSA) is 58.3 Å². The maximum atomic E-state index is 8.72. The first-order valence-electron chi connectivity index (χ1n) is 5.13. The first-order chi connectivity index (χ1) is 6.88. The molecule has 2 N–H and O–H groups in total. The van der Waals surface area contributed by atoms with Crippen LogP contribution in [0, 0.1) is 5.92 Å². The Morgan fingerprint density at radius 3 is 3.29 bits per heavy atom. The van der Waals surface area contributed by atoms with Crippen molar-refractivity contribution < 1.29 is 9.52 Å². The van der Waals surface area contributed by atoms with E-state index in [4.69, 9.17) is 9.52 Å². The fourth-order valence-corrected chi connectivity index (χ4v) is 1.81. The van der Waals surface area contributed by atoms with E-state index in [-0.39, 0.29) is 6.61 Å². The molecule has 1 saturated heterocycles. The van der Waals surface area contributed by atoms with E-state index in [9.17, 15) is 0 Å². The van der Waals surface area contributed by atoms with Gasteiger partial charge in [-0.2, -0.15) is 0 Å². The number of aliphatic hydroxyl groups is 1. The Morgan fingerprint density at radius 1 is 1.64 bits per heavy atom. The van der Waals surface area contributed by atoms with E-state index in [0.717, 1.165) is 31.1 Å². The van der Waals surface area contributed by atoms with Gasteiger partial charge in [-0.3, -0.25) is 0 Å². The molecule has 1 aromatic heterocycles. The van der Waals surface area contributed by atoms with Crippen LogP contribution in [0.2, 0.25) is 0 Å². The summed E-state index contributed by atoms with van der Waals surface area (Å²) in [4.78, 5) is 4.31. The Balaban J connectivity index is 1.88. The second kappa shape index (κ2) is 4.57. The molecule has 0 bridgehead atoms. The summed E-state index contributed by atoms with van der Waals surface area (Å²) in [5.41, 5.74) is 0.855. The highest BCUT2D eigenvalue weighted by molar-refractivity contribution is 4.98. The number of nitrogens with one attached hydrogen (secondary N) is 1. The number of hydrogen-bond donors (Lipinski definition) is 2. The summed E-state index contributed by atoms with van der Waals surface area (Å²) in [6.07, 6.45) is 4.36. The lowest BCUT2D eigenvalue weighted by Gasteiger charge is -2.02. The van der Waals surface area contributed by atoms with Gasteiger partial charge in [0.25, 0.3) is 0 Å². The first kappa shape index (κ1) is 9.68. The molecule has 0 spiro atoms. The summed E-state index contributed by atoms with van der Waals surface area (Å²) in [5.74, 6) is 1.47. The molecule has 1 atom stereocenters. The average Bonchev–Trinajstić information content (AvgIpc) is 2.79. The van der Waals surface area contributed by atoms with Gasteiger partial charge in [0.2, 0.25) is 0 Å². The molecule has 0 aliphatic carbocycles. The van der Waals surface area contributed by atoms with Crippen molar-refractivity contribution in [2.45, 2.75) is 19.3 Å². The highest BCUT2D eigenvalue weighted by Gasteiger charge is 2.17. The van der Waals surface area contributed by atoms with E-state index in [1.165, 1.54) is 6.42 Å². The number of aliphatic hydroxyl groups excluding tert-OH is 1. The molecule has 14 heavy (non-hydrogen) atoms. The van der Waals surface area contributed by atoms with Gasteiger partial charge in [0.05, 0.1) is 5.69 Å². The fourth-order valence-electron chi connectivity index (χ4n) is 1.81. The smallest absolute Gasteiger partial charge is 0.194 e. The molecule has 0 saturated carbocycles. The Morgan fingerprint density at radius 2 is 2.57 bits per heavy atom. The monoisotopic (exact) mass is 196 g/mol. The van der Waals surface area contributed by atoms with Crippen LogP contribution in [0.15, 0.2) is 10.7 Å². The Hall–Kier alpha value is -0.870. The first-order valence-corrected chi connectivity index (χ1v) is 5.13. The van der Waals surface area contributed by atoms with Gasteiger partial charge < -0.3 is 14.8 Å². The molecule has 2 heterocycles. The number of nitrogens with zero attached hydrogens (tertiary/aromatic N) is 1. The van der Waals surface area contributed by atoms with E-state index < -0.39 is 0 Å². The van der Waals surface area contributed by atoms with Crippen LogP contribution in [-0.2, 0) is 12.8 Å². The van der Waals surface area contributed by atoms with Gasteiger partial charge in [-0.15, -0.1) is 0 Å². The van der Waals surface area contributed by atoms with Crippen molar-refractivity contribution in [1.29, 1.82) is 0 Å². The maximum Gasteiger partial charge on any atom is 0.194 e. The minimum atomic E-state index is 0.136. The summed E-state index contributed by atoms with van der Waals surface area (Å²) < 4.78 is 5.33. The second-order valence-electron chi connectivity index (χ2n) is 3.77. The predicted octanol–water partition coefficient (Wildman–Crippen LogP) is 0.361. The highest BCUT2D eigenvalue weighted by atomic mass is 16.3. The van der Waals surface area contributed by atoms with Crippen molar-refractivity contribution in [3.63, 3.8) is 0 Å². The molecule has 4 nitrogen and oxygen atoms in total. The molecule has 1 unspecified atom stereocenters. The third-order valence-corrected chi connectivity index (χ3v) is 2.59. The van der Waals surface area contributed by atoms with E-state index in [1.807, 2.05) is 0 Å². The van der Waals surface area contributed by atoms with Crippen LogP contribution in [0.25, 0.3) is 0 Å². The number of oxazole rings is 1. The number of aromatic nitrogens is 1. The highest BCUT2D eigenvalue weighted by Crippen LogP contribution is 2.14. The molecular formula is C10H16N2O2. The summed E-state index contributed by atoms with van der Waals surface area (Å²) >= 11 is 0. The minimum absolute atomic E-state index is 0.136. The Bertz CT molecular complexity index is 279. The van der Waals surface area contributed by atoms with Gasteiger partial charge in [0.15, 0.2) is 5.89 Å². The maximum absolute atomic E-state index is 8.72. The zero-order valence-electron chi connectivity index (χ0n) is 8.20. The molecular weight excluding hydrogens is 180 g/mol. The lowest BCUT2D eigenvalue weighted by atomic mass is 10.1. The van der Waals surface area contributed by atoms with Crippen LogP contribution in [0.1, 0.15) is 18.0 Å². The minimum Gasteiger partial charge on any atom is -0.449 e. The zero-order valence-corrected chi connectivity index (χ0v) is 8.20. The van der Waals surface area contributed by atoms with Crippen LogP contribution in [0.5, 0.6) is 0 Å². The van der Waals surface area contributed by atoms with Crippen molar-refractivity contribution >= 4 is 0 Å². The molecule has 2 rings (SSSR count). The van der Waals surface area contributed by atoms with Crippen LogP contribution >= 0.6 is 0 Å². The van der Waals surface area contributed by atoms with Crippen LogP contribution < -0.4 is 5.32 Å². The van der Waals surface area contributed by atoms with E-state index >= 15 is 0 Å². The molecule has 0 amide bonds. The predicted molar refractivity (Wildman–Crippen MR) is 52.0 cm³/mol. The molecule has 0 aromatic carbocycles. The molecule has 1 fully saturated rings. The third kappa shape index (κ3) is 2.33. The van der Waals surface area contributed by atoms with E-state index in [0.29, 0.717) is 12.3 Å². The standard InChI is InChI=1S/C10H16N2O2/c13-4-2-9-7-14-10(12-9)5-8-1-3-11-6-8/h7-8,11,13H,1-6H2. The summed E-state index contributed by atoms with van der Waals surface area (Å²) in [5, 5.41) is 12.0. The molecule has 1 aromatic rings. The quantitative estimate of drug-likeness (QED) is 0.730. The summed E-state index contributed by atoms with van der Waals surface area (Å²) in [7, 11) is 0. The molecule has 1 aliphatic rings. The SMILES string of the molecule is OCCc1coc(CC2CCNC2)n1. The molecule has 78 valence electrons. The average molecular weight is 196 g/mol. The van der Waals surface area contributed by atoms with Crippen LogP contribution in [-0.4, -0.2) is 29.8 Å². The van der Waals surface area contributed by atoms with Crippen molar-refractivity contribution in [2.75, 3.05) is 19.7 Å².